The first-order valence-corrected chi connectivity index (χ1v) is 5.81. The molecule has 0 bridgehead atoms. The van der Waals surface area contributed by atoms with Gasteiger partial charge in [0, 0.05) is 19.2 Å². The van der Waals surface area contributed by atoms with Gasteiger partial charge in [-0.25, -0.2) is 0 Å². The van der Waals surface area contributed by atoms with E-state index in [0.29, 0.717) is 11.3 Å². The number of aliphatic hydroxyl groups is 1. The van der Waals surface area contributed by atoms with Crippen molar-refractivity contribution in [2.75, 3.05) is 18.0 Å². The lowest BCUT2D eigenvalue weighted by atomic mass is 10.1. The van der Waals surface area contributed by atoms with E-state index in [1.54, 1.807) is 19.1 Å². The van der Waals surface area contributed by atoms with Crippen molar-refractivity contribution in [2.24, 2.45) is 0 Å². The van der Waals surface area contributed by atoms with Gasteiger partial charge in [0.2, 0.25) is 0 Å². The summed E-state index contributed by atoms with van der Waals surface area (Å²) in [6.45, 7) is 3.35. The molecule has 92 valence electrons. The lowest BCUT2D eigenvalue weighted by Gasteiger charge is -2.18. The number of hydrogen-bond donors (Lipinski definition) is 1. The quantitative estimate of drug-likeness (QED) is 0.645. The molecule has 1 N–H and O–H groups in total. The molecule has 0 amide bonds. The van der Waals surface area contributed by atoms with E-state index in [1.807, 2.05) is 4.90 Å². The number of rotatable bonds is 3. The average molecular weight is 236 g/mol. The normalized spacial score (nSPS) is 17.2. The molecular formula is C12H16N2O3. The van der Waals surface area contributed by atoms with Gasteiger partial charge in [0.05, 0.1) is 11.0 Å². The molecule has 1 fully saturated rings. The Kier molecular flexibility index (Phi) is 3.28. The Labute approximate surface area is 99.8 Å². The van der Waals surface area contributed by atoms with Gasteiger partial charge in [-0.15, -0.1) is 0 Å². The zero-order valence-corrected chi connectivity index (χ0v) is 9.80. The van der Waals surface area contributed by atoms with Crippen LogP contribution in [-0.2, 0) is 0 Å². The van der Waals surface area contributed by atoms with Gasteiger partial charge in [-0.2, -0.15) is 0 Å². The molecule has 2 rings (SSSR count). The topological polar surface area (TPSA) is 66.6 Å². The maximum Gasteiger partial charge on any atom is 0.292 e. The Morgan fingerprint density at radius 2 is 2.06 bits per heavy atom. The summed E-state index contributed by atoms with van der Waals surface area (Å²) < 4.78 is 0. The highest BCUT2D eigenvalue weighted by Crippen LogP contribution is 2.32. The highest BCUT2D eigenvalue weighted by Gasteiger charge is 2.22. The predicted octanol–water partition coefficient (Wildman–Crippen LogP) is 2.25. The van der Waals surface area contributed by atoms with E-state index in [4.69, 9.17) is 0 Å². The lowest BCUT2D eigenvalue weighted by molar-refractivity contribution is -0.384. The molecule has 0 aliphatic carbocycles. The van der Waals surface area contributed by atoms with Crippen molar-refractivity contribution in [1.29, 1.82) is 0 Å². The third-order valence-corrected chi connectivity index (χ3v) is 3.13. The van der Waals surface area contributed by atoms with Gasteiger partial charge in [-0.05, 0) is 31.4 Å². The fourth-order valence-electron chi connectivity index (χ4n) is 2.17. The Balaban J connectivity index is 2.40. The van der Waals surface area contributed by atoms with Crippen molar-refractivity contribution in [2.45, 2.75) is 25.9 Å². The largest absolute Gasteiger partial charge is 0.389 e. The van der Waals surface area contributed by atoms with Crippen molar-refractivity contribution in [1.82, 2.24) is 0 Å². The smallest absolute Gasteiger partial charge is 0.292 e. The molecule has 0 saturated carbocycles. The molecular weight excluding hydrogens is 220 g/mol. The molecule has 0 radical (unpaired) electrons. The monoisotopic (exact) mass is 236 g/mol. The summed E-state index contributed by atoms with van der Waals surface area (Å²) >= 11 is 0. The SMILES string of the molecule is C[C@@H](O)c1ccc(N2CCCC2)c([N+](=O)[O-])c1. The number of nitro benzene ring substituents is 1. The maximum atomic E-state index is 11.1. The second-order valence-electron chi connectivity index (χ2n) is 4.38. The van der Waals surface area contributed by atoms with Crippen LogP contribution >= 0.6 is 0 Å². The molecule has 0 aromatic heterocycles. The number of anilines is 1. The summed E-state index contributed by atoms with van der Waals surface area (Å²) in [6.07, 6.45) is 1.48. The lowest BCUT2D eigenvalue weighted by Crippen LogP contribution is -2.19. The van der Waals surface area contributed by atoms with E-state index in [9.17, 15) is 15.2 Å². The number of hydrogen-bond acceptors (Lipinski definition) is 4. The average Bonchev–Trinajstić information content (AvgIpc) is 2.81. The molecule has 1 heterocycles. The van der Waals surface area contributed by atoms with Gasteiger partial charge < -0.3 is 10.0 Å². The van der Waals surface area contributed by atoms with Crippen LogP contribution < -0.4 is 4.90 Å². The molecule has 5 heteroatoms. The van der Waals surface area contributed by atoms with Crippen LogP contribution in [0.25, 0.3) is 0 Å². The van der Waals surface area contributed by atoms with Crippen LogP contribution in [0.1, 0.15) is 31.4 Å². The zero-order chi connectivity index (χ0) is 12.4. The number of nitro groups is 1. The molecule has 5 nitrogen and oxygen atoms in total. The molecule has 0 unspecified atom stereocenters. The minimum atomic E-state index is -0.679. The van der Waals surface area contributed by atoms with Crippen molar-refractivity contribution < 1.29 is 10.0 Å². The fraction of sp³-hybridized carbons (Fsp3) is 0.500. The van der Waals surface area contributed by atoms with Crippen molar-refractivity contribution >= 4 is 11.4 Å². The van der Waals surface area contributed by atoms with Crippen LogP contribution in [0, 0.1) is 10.1 Å². The second kappa shape index (κ2) is 4.71. The van der Waals surface area contributed by atoms with Gasteiger partial charge in [0.15, 0.2) is 0 Å². The Morgan fingerprint density at radius 1 is 1.41 bits per heavy atom. The summed E-state index contributed by atoms with van der Waals surface area (Å²) in [6, 6.07) is 4.97. The number of aliphatic hydroxyl groups excluding tert-OH is 1. The Bertz CT molecular complexity index is 426. The predicted molar refractivity (Wildman–Crippen MR) is 65.2 cm³/mol. The standard InChI is InChI=1S/C12H16N2O3/c1-9(15)10-4-5-11(12(8-10)14(16)17)13-6-2-3-7-13/h4-5,8-9,15H,2-3,6-7H2,1H3/t9-/m1/s1. The minimum Gasteiger partial charge on any atom is -0.389 e. The van der Waals surface area contributed by atoms with Crippen LogP contribution in [0.15, 0.2) is 18.2 Å². The van der Waals surface area contributed by atoms with Crippen molar-refractivity contribution in [3.05, 3.63) is 33.9 Å². The van der Waals surface area contributed by atoms with E-state index < -0.39 is 6.10 Å². The van der Waals surface area contributed by atoms with E-state index in [-0.39, 0.29) is 10.6 Å². The molecule has 1 aliphatic rings. The van der Waals surface area contributed by atoms with Crippen LogP contribution in [0.2, 0.25) is 0 Å². The van der Waals surface area contributed by atoms with Crippen LogP contribution in [0.5, 0.6) is 0 Å². The first-order chi connectivity index (χ1) is 8.09. The van der Waals surface area contributed by atoms with Crippen molar-refractivity contribution in [3.8, 4) is 0 Å². The first-order valence-electron chi connectivity index (χ1n) is 5.81. The van der Waals surface area contributed by atoms with Crippen LogP contribution in [0.3, 0.4) is 0 Å². The molecule has 1 saturated heterocycles. The molecule has 1 aromatic carbocycles. The summed E-state index contributed by atoms with van der Waals surface area (Å²) in [7, 11) is 0. The van der Waals surface area contributed by atoms with E-state index in [1.165, 1.54) is 6.07 Å². The van der Waals surface area contributed by atoms with E-state index in [2.05, 4.69) is 0 Å². The van der Waals surface area contributed by atoms with E-state index >= 15 is 0 Å². The molecule has 0 spiro atoms. The molecule has 1 aromatic rings. The number of benzene rings is 1. The van der Waals surface area contributed by atoms with Crippen LogP contribution in [0.4, 0.5) is 11.4 Å². The Morgan fingerprint density at radius 3 is 2.59 bits per heavy atom. The second-order valence-corrected chi connectivity index (χ2v) is 4.38. The maximum absolute atomic E-state index is 11.1. The van der Waals surface area contributed by atoms with Gasteiger partial charge >= 0.3 is 0 Å². The highest BCUT2D eigenvalue weighted by atomic mass is 16.6. The number of nitrogens with zero attached hydrogens (tertiary/aromatic N) is 2. The zero-order valence-electron chi connectivity index (χ0n) is 9.80. The van der Waals surface area contributed by atoms with E-state index in [0.717, 1.165) is 25.9 Å². The van der Waals surface area contributed by atoms with Crippen LogP contribution in [-0.4, -0.2) is 23.1 Å². The van der Waals surface area contributed by atoms with Crippen molar-refractivity contribution in [3.63, 3.8) is 0 Å². The molecule has 17 heavy (non-hydrogen) atoms. The van der Waals surface area contributed by atoms with Gasteiger partial charge in [-0.3, -0.25) is 10.1 Å². The summed E-state index contributed by atoms with van der Waals surface area (Å²) in [5, 5.41) is 20.5. The fourth-order valence-corrected chi connectivity index (χ4v) is 2.17. The Hall–Kier alpha value is -1.62. The summed E-state index contributed by atoms with van der Waals surface area (Å²) in [5.74, 6) is 0. The first kappa shape index (κ1) is 11.9. The molecule has 1 aliphatic heterocycles. The third-order valence-electron chi connectivity index (χ3n) is 3.13. The van der Waals surface area contributed by atoms with Gasteiger partial charge in [0.25, 0.3) is 5.69 Å². The summed E-state index contributed by atoms with van der Waals surface area (Å²) in [5.41, 5.74) is 1.34. The van der Waals surface area contributed by atoms with Gasteiger partial charge in [-0.1, -0.05) is 6.07 Å². The molecule has 1 atom stereocenters. The highest BCUT2D eigenvalue weighted by molar-refractivity contribution is 5.65. The summed E-state index contributed by atoms with van der Waals surface area (Å²) in [4.78, 5) is 12.7. The van der Waals surface area contributed by atoms with Gasteiger partial charge in [0.1, 0.15) is 5.69 Å². The minimum absolute atomic E-state index is 0.0882. The third kappa shape index (κ3) is 2.39.